The molecule has 0 saturated carbocycles. The molecule has 0 spiro atoms. The summed E-state index contributed by atoms with van der Waals surface area (Å²) in [7, 11) is 0. The number of ether oxygens (including phenoxy) is 1. The Morgan fingerprint density at radius 1 is 1.39 bits per heavy atom. The van der Waals surface area contributed by atoms with Gasteiger partial charge in [0.2, 0.25) is 0 Å². The third kappa shape index (κ3) is 3.88. The van der Waals surface area contributed by atoms with Gasteiger partial charge in [0.15, 0.2) is 6.61 Å². The first-order chi connectivity index (χ1) is 10.9. The van der Waals surface area contributed by atoms with Crippen LogP contribution < -0.4 is 5.32 Å². The summed E-state index contributed by atoms with van der Waals surface area (Å²) in [6.45, 7) is 4.92. The van der Waals surface area contributed by atoms with Crippen molar-refractivity contribution in [1.29, 1.82) is 5.26 Å². The zero-order chi connectivity index (χ0) is 17.0. The topological polar surface area (TPSA) is 79.2 Å². The number of hydrogen-bond acceptors (Lipinski definition) is 5. The minimum absolute atomic E-state index is 0.0604. The number of nitrogens with zero attached hydrogens (tertiary/aromatic N) is 1. The smallest absolute Gasteiger partial charge is 0.348 e. The van der Waals surface area contributed by atoms with Gasteiger partial charge in [0.05, 0.1) is 6.07 Å². The number of thiophene rings is 1. The molecule has 1 atom stereocenters. The third-order valence-electron chi connectivity index (χ3n) is 3.75. The second kappa shape index (κ2) is 6.80. The Morgan fingerprint density at radius 2 is 2.09 bits per heavy atom. The lowest BCUT2D eigenvalue weighted by Crippen LogP contribution is -2.50. The molecule has 6 heteroatoms. The van der Waals surface area contributed by atoms with E-state index in [-0.39, 0.29) is 5.92 Å². The largest absolute Gasteiger partial charge is 0.451 e. The van der Waals surface area contributed by atoms with Crippen molar-refractivity contribution in [3.05, 3.63) is 35.2 Å². The van der Waals surface area contributed by atoms with E-state index >= 15 is 0 Å². The van der Waals surface area contributed by atoms with Gasteiger partial charge in [0.1, 0.15) is 10.4 Å². The van der Waals surface area contributed by atoms with Crippen LogP contribution in [0.5, 0.6) is 0 Å². The molecule has 0 aliphatic heterocycles. The number of esters is 1. The summed E-state index contributed by atoms with van der Waals surface area (Å²) < 4.78 is 6.03. The van der Waals surface area contributed by atoms with Crippen molar-refractivity contribution in [2.24, 2.45) is 5.92 Å². The first kappa shape index (κ1) is 17.0. The van der Waals surface area contributed by atoms with Gasteiger partial charge in [-0.25, -0.2) is 4.79 Å². The van der Waals surface area contributed by atoms with Gasteiger partial charge in [-0.2, -0.15) is 5.26 Å². The Morgan fingerprint density at radius 3 is 2.70 bits per heavy atom. The molecule has 0 radical (unpaired) electrons. The number of rotatable bonds is 5. The van der Waals surface area contributed by atoms with Gasteiger partial charge in [0, 0.05) is 4.70 Å². The highest BCUT2D eigenvalue weighted by Crippen LogP contribution is 2.25. The molecule has 0 aliphatic carbocycles. The molecule has 1 N–H and O–H groups in total. The van der Waals surface area contributed by atoms with E-state index in [1.807, 2.05) is 38.1 Å². The molecule has 0 fully saturated rings. The standard InChI is InChI=1S/C17H18N2O3S/c1-11(2)17(3,10-18)19-15(20)9-22-16(21)14-8-12-6-4-5-7-13(12)23-14/h4-8,11H,9H2,1-3H3,(H,19,20)/t17-/m0/s1. The monoisotopic (exact) mass is 330 g/mol. The van der Waals surface area contributed by atoms with E-state index in [0.29, 0.717) is 4.88 Å². The molecule has 0 unspecified atom stereocenters. The third-order valence-corrected chi connectivity index (χ3v) is 4.84. The van der Waals surface area contributed by atoms with Gasteiger partial charge in [-0.3, -0.25) is 4.79 Å². The van der Waals surface area contributed by atoms with Crippen molar-refractivity contribution < 1.29 is 14.3 Å². The van der Waals surface area contributed by atoms with E-state index in [9.17, 15) is 9.59 Å². The van der Waals surface area contributed by atoms with Crippen LogP contribution in [0.2, 0.25) is 0 Å². The Kier molecular flexibility index (Phi) is 5.02. The summed E-state index contributed by atoms with van der Waals surface area (Å²) in [6.07, 6.45) is 0. The Labute approximate surface area is 138 Å². The number of benzene rings is 1. The predicted molar refractivity (Wildman–Crippen MR) is 89.1 cm³/mol. The van der Waals surface area contributed by atoms with E-state index < -0.39 is 24.0 Å². The predicted octanol–water partition coefficient (Wildman–Crippen LogP) is 3.11. The summed E-state index contributed by atoms with van der Waals surface area (Å²) in [5, 5.41) is 12.7. The van der Waals surface area contributed by atoms with Crippen molar-refractivity contribution >= 4 is 33.3 Å². The molecule has 1 aromatic carbocycles. The fourth-order valence-corrected chi connectivity index (χ4v) is 2.87. The van der Waals surface area contributed by atoms with Crippen LogP contribution in [0.1, 0.15) is 30.4 Å². The molecule has 23 heavy (non-hydrogen) atoms. The van der Waals surface area contributed by atoms with Crippen LogP contribution in [0.3, 0.4) is 0 Å². The van der Waals surface area contributed by atoms with Crippen molar-refractivity contribution in [3.63, 3.8) is 0 Å². The average molecular weight is 330 g/mol. The zero-order valence-corrected chi connectivity index (χ0v) is 14.1. The number of carbonyl (C=O) groups is 2. The van der Waals surface area contributed by atoms with Gasteiger partial charge in [0.25, 0.3) is 5.91 Å². The number of nitriles is 1. The molecule has 120 valence electrons. The van der Waals surface area contributed by atoms with E-state index in [1.165, 1.54) is 11.3 Å². The Hall–Kier alpha value is -2.39. The van der Waals surface area contributed by atoms with E-state index in [4.69, 9.17) is 10.00 Å². The number of carbonyl (C=O) groups excluding carboxylic acids is 2. The molecular weight excluding hydrogens is 312 g/mol. The second-order valence-corrected chi connectivity index (χ2v) is 6.83. The molecule has 2 rings (SSSR count). The molecule has 1 aromatic heterocycles. The zero-order valence-electron chi connectivity index (χ0n) is 13.3. The van der Waals surface area contributed by atoms with Gasteiger partial charge >= 0.3 is 5.97 Å². The van der Waals surface area contributed by atoms with Crippen LogP contribution in [-0.2, 0) is 9.53 Å². The SMILES string of the molecule is CC(C)[C@](C)(C#N)NC(=O)COC(=O)c1cc2ccccc2s1. The van der Waals surface area contributed by atoms with Crippen LogP contribution in [0.25, 0.3) is 10.1 Å². The summed E-state index contributed by atoms with van der Waals surface area (Å²) in [6, 6.07) is 11.4. The normalized spacial score (nSPS) is 13.3. The molecular formula is C17H18N2O3S. The molecule has 0 aliphatic rings. The van der Waals surface area contributed by atoms with Gasteiger partial charge in [-0.1, -0.05) is 32.0 Å². The highest BCUT2D eigenvalue weighted by atomic mass is 32.1. The fourth-order valence-electron chi connectivity index (χ4n) is 1.91. The number of amides is 1. The molecule has 2 aromatic rings. The quantitative estimate of drug-likeness (QED) is 0.854. The summed E-state index contributed by atoms with van der Waals surface area (Å²) >= 11 is 1.32. The van der Waals surface area contributed by atoms with Crippen LogP contribution >= 0.6 is 11.3 Å². The second-order valence-electron chi connectivity index (χ2n) is 5.74. The van der Waals surface area contributed by atoms with Crippen LogP contribution in [-0.4, -0.2) is 24.0 Å². The minimum atomic E-state index is -0.985. The van der Waals surface area contributed by atoms with E-state index in [1.54, 1.807) is 13.0 Å². The lowest BCUT2D eigenvalue weighted by molar-refractivity contribution is -0.125. The Balaban J connectivity index is 1.96. The number of nitrogens with one attached hydrogen (secondary N) is 1. The maximum Gasteiger partial charge on any atom is 0.348 e. The van der Waals surface area contributed by atoms with Gasteiger partial charge in [-0.05, 0) is 30.4 Å². The molecule has 1 amide bonds. The first-order valence-corrected chi connectivity index (χ1v) is 8.05. The fraction of sp³-hybridized carbons (Fsp3) is 0.353. The number of hydrogen-bond donors (Lipinski definition) is 1. The first-order valence-electron chi connectivity index (χ1n) is 7.23. The van der Waals surface area contributed by atoms with Crippen molar-refractivity contribution in [3.8, 4) is 6.07 Å². The van der Waals surface area contributed by atoms with Gasteiger partial charge in [-0.15, -0.1) is 11.3 Å². The minimum Gasteiger partial charge on any atom is -0.451 e. The average Bonchev–Trinajstić information content (AvgIpc) is 2.96. The van der Waals surface area contributed by atoms with E-state index in [2.05, 4.69) is 11.4 Å². The highest BCUT2D eigenvalue weighted by Gasteiger charge is 2.30. The molecule has 0 bridgehead atoms. The summed E-state index contributed by atoms with van der Waals surface area (Å²) in [5.41, 5.74) is -0.985. The summed E-state index contributed by atoms with van der Waals surface area (Å²) in [4.78, 5) is 24.4. The van der Waals surface area contributed by atoms with Crippen LogP contribution in [0, 0.1) is 17.2 Å². The Bertz CT molecular complexity index is 742. The van der Waals surface area contributed by atoms with Crippen molar-refractivity contribution in [2.45, 2.75) is 26.3 Å². The van der Waals surface area contributed by atoms with Gasteiger partial charge < -0.3 is 10.1 Å². The van der Waals surface area contributed by atoms with Crippen LogP contribution in [0.4, 0.5) is 0 Å². The lowest BCUT2D eigenvalue weighted by Gasteiger charge is -2.27. The molecule has 1 heterocycles. The maximum absolute atomic E-state index is 12.0. The molecule has 0 saturated heterocycles. The van der Waals surface area contributed by atoms with Crippen molar-refractivity contribution in [1.82, 2.24) is 5.32 Å². The van der Waals surface area contributed by atoms with Crippen LogP contribution in [0.15, 0.2) is 30.3 Å². The molecule has 5 nitrogen and oxygen atoms in total. The summed E-state index contributed by atoms with van der Waals surface area (Å²) in [5.74, 6) is -1.09. The maximum atomic E-state index is 12.0. The lowest BCUT2D eigenvalue weighted by atomic mass is 9.90. The highest BCUT2D eigenvalue weighted by molar-refractivity contribution is 7.20. The van der Waals surface area contributed by atoms with E-state index in [0.717, 1.165) is 10.1 Å². The van der Waals surface area contributed by atoms with Crippen molar-refractivity contribution in [2.75, 3.05) is 6.61 Å². The number of fused-ring (bicyclic) bond motifs is 1.